The summed E-state index contributed by atoms with van der Waals surface area (Å²) in [6, 6.07) is 0. The quantitative estimate of drug-likeness (QED) is 0.512. The highest BCUT2D eigenvalue weighted by Crippen LogP contribution is 2.15. The lowest BCUT2D eigenvalue weighted by Gasteiger charge is -2.02. The number of rotatable bonds is 5. The Kier molecular flexibility index (Phi) is 10.9. The summed E-state index contributed by atoms with van der Waals surface area (Å²) in [6.45, 7) is 6.78. The molecular formula is C12H20O2S. The maximum absolute atomic E-state index is 5.28. The Balaban J connectivity index is 0.000000921. The molecule has 1 rings (SSSR count). The average Bonchev–Trinajstić information content (AvgIpc) is 2.56. The zero-order valence-corrected chi connectivity index (χ0v) is 10.5. The van der Waals surface area contributed by atoms with E-state index in [0.717, 1.165) is 37.5 Å². The van der Waals surface area contributed by atoms with Crippen molar-refractivity contribution in [3.05, 3.63) is 36.1 Å². The molecule has 15 heavy (non-hydrogen) atoms. The molecule has 0 aromatic carbocycles. The van der Waals surface area contributed by atoms with Gasteiger partial charge in [0.15, 0.2) is 0 Å². The first-order valence-electron chi connectivity index (χ1n) is 5.43. The van der Waals surface area contributed by atoms with Crippen molar-refractivity contribution < 1.29 is 8.37 Å². The molecule has 0 aliphatic heterocycles. The van der Waals surface area contributed by atoms with Crippen LogP contribution >= 0.6 is 12.3 Å². The number of hydrogen-bond donors (Lipinski definition) is 0. The van der Waals surface area contributed by atoms with Crippen LogP contribution in [0.3, 0.4) is 0 Å². The van der Waals surface area contributed by atoms with Crippen LogP contribution in [-0.2, 0) is 8.37 Å². The first-order chi connectivity index (χ1) is 7.43. The van der Waals surface area contributed by atoms with Gasteiger partial charge in [0.1, 0.15) is 5.76 Å². The molecule has 0 aromatic rings. The molecule has 86 valence electrons. The fourth-order valence-corrected chi connectivity index (χ4v) is 1.27. The maximum atomic E-state index is 5.28. The van der Waals surface area contributed by atoms with Gasteiger partial charge >= 0.3 is 0 Å². The summed E-state index contributed by atoms with van der Waals surface area (Å²) in [7, 11) is 0. The molecule has 0 heterocycles. The Hall–Kier alpha value is -0.670. The second kappa shape index (κ2) is 11.4. The normalized spacial score (nSPS) is 13.7. The van der Waals surface area contributed by atoms with Gasteiger partial charge in [0, 0.05) is 0 Å². The van der Waals surface area contributed by atoms with E-state index in [1.807, 2.05) is 32.1 Å². The predicted octanol–water partition coefficient (Wildman–Crippen LogP) is 4.42. The largest absolute Gasteiger partial charge is 0.400 e. The topological polar surface area (TPSA) is 18.5 Å². The van der Waals surface area contributed by atoms with Gasteiger partial charge in [-0.3, -0.25) is 4.18 Å². The molecule has 3 heteroatoms. The van der Waals surface area contributed by atoms with E-state index in [0.29, 0.717) is 0 Å². The molecule has 1 aliphatic rings. The van der Waals surface area contributed by atoms with Crippen LogP contribution in [-0.4, -0.2) is 6.61 Å². The first-order valence-corrected chi connectivity index (χ1v) is 6.09. The standard InChI is InChI=1S/C10H14O2S.C2H6/c1-2-9-11-13-12-10-7-5-3-4-6-8-10;1-2/h3,5-8H,2,4,9H2,1H3;1-2H3. The van der Waals surface area contributed by atoms with Crippen LogP contribution in [0, 0.1) is 0 Å². The highest BCUT2D eigenvalue weighted by molar-refractivity contribution is 7.90. The van der Waals surface area contributed by atoms with E-state index in [1.165, 1.54) is 0 Å². The van der Waals surface area contributed by atoms with E-state index in [2.05, 4.69) is 19.1 Å². The average molecular weight is 228 g/mol. The van der Waals surface area contributed by atoms with Crippen molar-refractivity contribution in [1.29, 1.82) is 0 Å². The predicted molar refractivity (Wildman–Crippen MR) is 67.2 cm³/mol. The van der Waals surface area contributed by atoms with Crippen molar-refractivity contribution in [2.45, 2.75) is 33.6 Å². The molecule has 0 fully saturated rings. The summed E-state index contributed by atoms with van der Waals surface area (Å²) in [5.74, 6) is 0.829. The van der Waals surface area contributed by atoms with E-state index in [4.69, 9.17) is 8.37 Å². The van der Waals surface area contributed by atoms with Crippen LogP contribution in [0.1, 0.15) is 33.6 Å². The van der Waals surface area contributed by atoms with Crippen LogP contribution in [0.25, 0.3) is 0 Å². The molecule has 0 aromatic heterocycles. The smallest absolute Gasteiger partial charge is 0.225 e. The van der Waals surface area contributed by atoms with Crippen molar-refractivity contribution in [3.8, 4) is 0 Å². The Labute approximate surface area is 97.5 Å². The molecule has 0 spiro atoms. The SMILES string of the molecule is CC.CCCOSOC1=CC=CCC=C1. The lowest BCUT2D eigenvalue weighted by molar-refractivity contribution is 0.328. The van der Waals surface area contributed by atoms with Crippen LogP contribution in [0.4, 0.5) is 0 Å². The number of allylic oxidation sites excluding steroid dienone is 5. The molecule has 0 amide bonds. The van der Waals surface area contributed by atoms with Crippen LogP contribution in [0.2, 0.25) is 0 Å². The maximum Gasteiger partial charge on any atom is 0.225 e. The van der Waals surface area contributed by atoms with Crippen molar-refractivity contribution in [1.82, 2.24) is 0 Å². The summed E-state index contributed by atoms with van der Waals surface area (Å²) in [4.78, 5) is 0. The molecule has 0 N–H and O–H groups in total. The third-order valence-electron chi connectivity index (χ3n) is 1.42. The summed E-state index contributed by atoms with van der Waals surface area (Å²) < 4.78 is 10.4. The van der Waals surface area contributed by atoms with E-state index in [1.54, 1.807) is 0 Å². The van der Waals surface area contributed by atoms with Crippen LogP contribution < -0.4 is 0 Å². The Bertz CT molecular complexity index is 220. The minimum atomic E-state index is 0.720. The van der Waals surface area contributed by atoms with Gasteiger partial charge in [0.2, 0.25) is 12.3 Å². The highest BCUT2D eigenvalue weighted by atomic mass is 32.2. The first kappa shape index (κ1) is 14.3. The lowest BCUT2D eigenvalue weighted by atomic mass is 10.4. The molecule has 0 bridgehead atoms. The van der Waals surface area contributed by atoms with Crippen molar-refractivity contribution in [2.75, 3.05) is 6.61 Å². The molecular weight excluding hydrogens is 208 g/mol. The van der Waals surface area contributed by atoms with E-state index in [-0.39, 0.29) is 0 Å². The zero-order chi connectivity index (χ0) is 11.4. The lowest BCUT2D eigenvalue weighted by Crippen LogP contribution is -1.85. The van der Waals surface area contributed by atoms with Crippen LogP contribution in [0.5, 0.6) is 0 Å². The molecule has 0 saturated carbocycles. The minimum Gasteiger partial charge on any atom is -0.400 e. The molecule has 0 unspecified atom stereocenters. The Morgan fingerprint density at radius 3 is 2.87 bits per heavy atom. The summed E-state index contributed by atoms with van der Waals surface area (Å²) in [5.41, 5.74) is 0. The van der Waals surface area contributed by atoms with Crippen molar-refractivity contribution in [2.24, 2.45) is 0 Å². The summed E-state index contributed by atoms with van der Waals surface area (Å²) >= 11 is 1.04. The van der Waals surface area contributed by atoms with Crippen molar-refractivity contribution in [3.63, 3.8) is 0 Å². The second-order valence-corrected chi connectivity index (χ2v) is 3.15. The molecule has 0 atom stereocenters. The van der Waals surface area contributed by atoms with E-state index >= 15 is 0 Å². The van der Waals surface area contributed by atoms with Gasteiger partial charge in [0.05, 0.1) is 6.61 Å². The van der Waals surface area contributed by atoms with Gasteiger partial charge in [-0.15, -0.1) is 0 Å². The van der Waals surface area contributed by atoms with Gasteiger partial charge in [-0.25, -0.2) is 0 Å². The van der Waals surface area contributed by atoms with E-state index in [9.17, 15) is 0 Å². The monoisotopic (exact) mass is 228 g/mol. The molecule has 0 radical (unpaired) electrons. The Morgan fingerprint density at radius 1 is 1.33 bits per heavy atom. The van der Waals surface area contributed by atoms with Crippen molar-refractivity contribution >= 4 is 12.3 Å². The third-order valence-corrected chi connectivity index (χ3v) is 1.94. The zero-order valence-electron chi connectivity index (χ0n) is 9.73. The van der Waals surface area contributed by atoms with Gasteiger partial charge in [-0.2, -0.15) is 0 Å². The van der Waals surface area contributed by atoms with Crippen LogP contribution in [0.15, 0.2) is 36.1 Å². The molecule has 0 saturated heterocycles. The summed E-state index contributed by atoms with van der Waals surface area (Å²) in [5, 5.41) is 0. The number of hydrogen-bond acceptors (Lipinski definition) is 3. The van der Waals surface area contributed by atoms with Gasteiger partial charge in [-0.05, 0) is 25.0 Å². The molecule has 1 aliphatic carbocycles. The fraction of sp³-hybridized carbons (Fsp3) is 0.500. The fourth-order valence-electron chi connectivity index (χ4n) is 0.796. The third kappa shape index (κ3) is 8.33. The minimum absolute atomic E-state index is 0.720. The Morgan fingerprint density at radius 2 is 2.13 bits per heavy atom. The molecule has 2 nitrogen and oxygen atoms in total. The summed E-state index contributed by atoms with van der Waals surface area (Å²) in [6.07, 6.45) is 11.9. The second-order valence-electron chi connectivity index (χ2n) is 2.61. The highest BCUT2D eigenvalue weighted by Gasteiger charge is 1.95. The van der Waals surface area contributed by atoms with Gasteiger partial charge in [-0.1, -0.05) is 39.0 Å². The van der Waals surface area contributed by atoms with Gasteiger partial charge in [0.25, 0.3) is 0 Å². The van der Waals surface area contributed by atoms with Gasteiger partial charge < -0.3 is 4.18 Å². The van der Waals surface area contributed by atoms with E-state index < -0.39 is 0 Å².